The van der Waals surface area contributed by atoms with Gasteiger partial charge in [0, 0.05) is 22.7 Å². The van der Waals surface area contributed by atoms with Crippen molar-refractivity contribution in [3.05, 3.63) is 40.6 Å². The first kappa shape index (κ1) is 20.8. The minimum Gasteiger partial charge on any atom is -0.491 e. The molecule has 1 N–H and O–H groups in total. The Morgan fingerprint density at radius 2 is 2.21 bits per heavy atom. The van der Waals surface area contributed by atoms with Gasteiger partial charge >= 0.3 is 5.97 Å². The van der Waals surface area contributed by atoms with Gasteiger partial charge in [-0.1, -0.05) is 18.8 Å². The number of aliphatic hydroxyl groups is 1. The molecule has 152 valence electrons. The van der Waals surface area contributed by atoms with Crippen LogP contribution in [0.15, 0.2) is 29.5 Å². The van der Waals surface area contributed by atoms with Crippen molar-refractivity contribution in [1.29, 1.82) is 5.26 Å². The summed E-state index contributed by atoms with van der Waals surface area (Å²) in [4.78, 5) is 14.7. The first-order valence-corrected chi connectivity index (χ1v) is 9.78. The molecule has 2 unspecified atom stereocenters. The van der Waals surface area contributed by atoms with Gasteiger partial charge in [-0.3, -0.25) is 0 Å². The van der Waals surface area contributed by atoms with Gasteiger partial charge in [0.2, 0.25) is 0 Å². The maximum absolute atomic E-state index is 12.6. The topological polar surface area (TPSA) is 82.8 Å². The number of benzene rings is 1. The molecule has 1 aromatic carbocycles. The van der Waals surface area contributed by atoms with Crippen LogP contribution in [0.1, 0.15) is 50.8 Å². The number of carbonyl (C=O) groups excluding carboxylic acids is 1. The van der Waals surface area contributed by atoms with E-state index in [1.54, 1.807) is 13.8 Å². The smallest absolute Gasteiger partial charge is 0.335 e. The molecule has 0 spiro atoms. The molecule has 2 heterocycles. The molecule has 0 fully saturated rings. The molecule has 0 bridgehead atoms. The van der Waals surface area contributed by atoms with Crippen molar-refractivity contribution in [2.45, 2.75) is 45.3 Å². The van der Waals surface area contributed by atoms with E-state index in [-0.39, 0.29) is 24.3 Å². The van der Waals surface area contributed by atoms with E-state index in [2.05, 4.69) is 22.8 Å². The van der Waals surface area contributed by atoms with Crippen molar-refractivity contribution >= 4 is 5.97 Å². The Kier molecular flexibility index (Phi) is 5.86. The van der Waals surface area contributed by atoms with Crippen LogP contribution >= 0.6 is 0 Å². The highest BCUT2D eigenvalue weighted by molar-refractivity contribution is 5.91. The molecule has 2 aliphatic heterocycles. The van der Waals surface area contributed by atoms with Crippen molar-refractivity contribution in [1.82, 2.24) is 4.90 Å². The summed E-state index contributed by atoms with van der Waals surface area (Å²) >= 11 is 0. The molecule has 2 atom stereocenters. The third kappa shape index (κ3) is 4.09. The Hall–Kier alpha value is -2.96. The first-order valence-electron chi connectivity index (χ1n) is 9.78. The third-order valence-electron chi connectivity index (χ3n) is 5.27. The van der Waals surface area contributed by atoms with E-state index >= 15 is 0 Å². The molecule has 2 aliphatic rings. The van der Waals surface area contributed by atoms with Crippen LogP contribution in [0.2, 0.25) is 0 Å². The number of hydrogen-bond donors (Lipinski definition) is 1. The predicted molar refractivity (Wildman–Crippen MR) is 108 cm³/mol. The monoisotopic (exact) mass is 394 g/mol. The highest BCUT2D eigenvalue weighted by atomic mass is 16.5. The average molecular weight is 394 g/mol. The van der Waals surface area contributed by atoms with E-state index in [1.807, 2.05) is 25.1 Å². The fourth-order valence-electron chi connectivity index (χ4n) is 4.12. The van der Waals surface area contributed by atoms with Gasteiger partial charge in [0.15, 0.2) is 0 Å². The van der Waals surface area contributed by atoms with Crippen LogP contribution < -0.4 is 4.74 Å². The number of ether oxygens (including phenoxy) is 2. The Labute approximate surface area is 171 Å². The standard InChI is InChI=1S/C23H26N2O4/c1-5-16-20(22(26)28-4)18(9-11-24)25-12-13-29-19-7-6-15(8-10-23(2,3)27)14-17(19)21(16)25/h6-7,14,16,21,27H,5,9,12-13H2,1-4H3. The Morgan fingerprint density at radius 3 is 2.83 bits per heavy atom. The minimum absolute atomic E-state index is 0.108. The lowest BCUT2D eigenvalue weighted by atomic mass is 9.86. The van der Waals surface area contributed by atoms with Gasteiger partial charge in [-0.25, -0.2) is 4.79 Å². The molecule has 0 saturated heterocycles. The van der Waals surface area contributed by atoms with Crippen molar-refractivity contribution in [2.24, 2.45) is 5.92 Å². The van der Waals surface area contributed by atoms with E-state index in [9.17, 15) is 15.2 Å². The molecule has 0 saturated carbocycles. The third-order valence-corrected chi connectivity index (χ3v) is 5.27. The molecular formula is C23H26N2O4. The van der Waals surface area contributed by atoms with Gasteiger partial charge in [-0.2, -0.15) is 5.26 Å². The zero-order valence-electron chi connectivity index (χ0n) is 17.3. The van der Waals surface area contributed by atoms with Gasteiger partial charge < -0.3 is 19.5 Å². The van der Waals surface area contributed by atoms with Crippen LogP contribution in [0.25, 0.3) is 0 Å². The summed E-state index contributed by atoms with van der Waals surface area (Å²) in [6.07, 6.45) is 0.866. The summed E-state index contributed by atoms with van der Waals surface area (Å²) in [6, 6.07) is 7.78. The Morgan fingerprint density at radius 1 is 1.45 bits per heavy atom. The van der Waals surface area contributed by atoms with Gasteiger partial charge in [0.05, 0.1) is 37.8 Å². The van der Waals surface area contributed by atoms with E-state index in [0.29, 0.717) is 18.7 Å². The number of nitrogens with zero attached hydrogens (tertiary/aromatic N) is 2. The minimum atomic E-state index is -1.09. The van der Waals surface area contributed by atoms with Crippen LogP contribution in [0, 0.1) is 29.1 Å². The Balaban J connectivity index is 2.13. The Bertz CT molecular complexity index is 940. The van der Waals surface area contributed by atoms with Crippen LogP contribution in [0.5, 0.6) is 5.75 Å². The van der Waals surface area contributed by atoms with Crippen molar-refractivity contribution in [2.75, 3.05) is 20.3 Å². The van der Waals surface area contributed by atoms with E-state index in [0.717, 1.165) is 29.0 Å². The van der Waals surface area contributed by atoms with Crippen LogP contribution in [0.4, 0.5) is 0 Å². The summed E-state index contributed by atoms with van der Waals surface area (Å²) in [6.45, 7) is 6.35. The maximum atomic E-state index is 12.6. The number of nitriles is 1. The zero-order chi connectivity index (χ0) is 21.2. The molecule has 6 heteroatoms. The summed E-state index contributed by atoms with van der Waals surface area (Å²) in [7, 11) is 1.37. The number of fused-ring (bicyclic) bond motifs is 3. The molecule has 0 aliphatic carbocycles. The zero-order valence-corrected chi connectivity index (χ0v) is 17.3. The van der Waals surface area contributed by atoms with Gasteiger partial charge in [0.25, 0.3) is 0 Å². The van der Waals surface area contributed by atoms with Crippen molar-refractivity contribution in [3.63, 3.8) is 0 Å². The van der Waals surface area contributed by atoms with Gasteiger partial charge in [-0.15, -0.1) is 0 Å². The van der Waals surface area contributed by atoms with Crippen molar-refractivity contribution < 1.29 is 19.4 Å². The molecule has 0 radical (unpaired) electrons. The number of esters is 1. The molecular weight excluding hydrogens is 368 g/mol. The lowest BCUT2D eigenvalue weighted by Crippen LogP contribution is -2.28. The second-order valence-electron chi connectivity index (χ2n) is 7.75. The fraction of sp³-hybridized carbons (Fsp3) is 0.478. The molecule has 6 nitrogen and oxygen atoms in total. The predicted octanol–water partition coefficient (Wildman–Crippen LogP) is 2.93. The largest absolute Gasteiger partial charge is 0.491 e. The molecule has 0 aromatic heterocycles. The normalized spacial score (nSPS) is 20.5. The van der Waals surface area contributed by atoms with Gasteiger partial charge in [0.1, 0.15) is 18.0 Å². The van der Waals surface area contributed by atoms with Gasteiger partial charge in [-0.05, 0) is 38.5 Å². The van der Waals surface area contributed by atoms with E-state index < -0.39 is 5.60 Å². The summed E-state index contributed by atoms with van der Waals surface area (Å²) < 4.78 is 11.0. The van der Waals surface area contributed by atoms with Crippen LogP contribution in [-0.4, -0.2) is 41.8 Å². The average Bonchev–Trinajstić information content (AvgIpc) is 2.86. The number of methoxy groups -OCH3 is 1. The fourth-order valence-corrected chi connectivity index (χ4v) is 4.12. The molecule has 3 rings (SSSR count). The summed E-state index contributed by atoms with van der Waals surface area (Å²) in [5, 5.41) is 19.3. The second-order valence-corrected chi connectivity index (χ2v) is 7.75. The molecule has 1 aromatic rings. The quantitative estimate of drug-likeness (QED) is 0.627. The van der Waals surface area contributed by atoms with Crippen LogP contribution in [0.3, 0.4) is 0 Å². The summed E-state index contributed by atoms with van der Waals surface area (Å²) in [5.74, 6) is 6.12. The first-order chi connectivity index (χ1) is 13.8. The maximum Gasteiger partial charge on any atom is 0.335 e. The number of carbonyl (C=O) groups is 1. The molecule has 0 amide bonds. The SMILES string of the molecule is CCC1C(C(=O)OC)=C(CC#N)N2CCOc3ccc(C#CC(C)(C)O)cc3C12. The van der Waals surface area contributed by atoms with E-state index in [4.69, 9.17) is 9.47 Å². The number of allylic oxidation sites excluding steroid dienone is 1. The highest BCUT2D eigenvalue weighted by Crippen LogP contribution is 2.50. The van der Waals surface area contributed by atoms with Crippen LogP contribution in [-0.2, 0) is 9.53 Å². The summed E-state index contributed by atoms with van der Waals surface area (Å²) in [5.41, 5.74) is 1.92. The lowest BCUT2D eigenvalue weighted by Gasteiger charge is -2.30. The highest BCUT2D eigenvalue weighted by Gasteiger charge is 2.45. The lowest BCUT2D eigenvalue weighted by molar-refractivity contribution is -0.136. The van der Waals surface area contributed by atoms with E-state index in [1.165, 1.54) is 7.11 Å². The van der Waals surface area contributed by atoms with Crippen molar-refractivity contribution in [3.8, 4) is 23.7 Å². The number of rotatable bonds is 3. The second kappa shape index (κ2) is 8.19. The number of hydrogen-bond acceptors (Lipinski definition) is 6. The molecule has 29 heavy (non-hydrogen) atoms.